The average molecular weight is 518 g/mol. The van der Waals surface area contributed by atoms with Crippen molar-refractivity contribution < 1.29 is 50.7 Å². The van der Waals surface area contributed by atoms with E-state index in [0.29, 0.717) is 6.42 Å². The van der Waals surface area contributed by atoms with Gasteiger partial charge in [0.15, 0.2) is 5.65 Å². The third-order valence-electron chi connectivity index (χ3n) is 4.35. The monoisotopic (exact) mass is 518 g/mol. The number of fused-ring (bicyclic) bond motifs is 1. The summed E-state index contributed by atoms with van der Waals surface area (Å²) in [5.41, 5.74) is 5.30. The molecule has 3 heterocycles. The highest BCUT2D eigenvalue weighted by Crippen LogP contribution is 2.77. The Balaban J connectivity index is 1.65. The molecule has 1 aliphatic rings. The number of nitrogens with two attached hydrogens (primary N) is 1. The van der Waals surface area contributed by atoms with Crippen molar-refractivity contribution in [1.82, 2.24) is 14.5 Å². The molecule has 2 aromatic rings. The third kappa shape index (κ3) is 4.91. The minimum Gasteiger partial charge on any atom is -0.443 e. The lowest BCUT2D eigenvalue weighted by Gasteiger charge is -2.32. The van der Waals surface area contributed by atoms with E-state index in [9.17, 15) is 32.2 Å². The molecule has 0 amide bonds. The quantitative estimate of drug-likeness (QED) is 0.246. The summed E-state index contributed by atoms with van der Waals surface area (Å²) >= 11 is 0. The van der Waals surface area contributed by atoms with Crippen molar-refractivity contribution in [1.29, 1.82) is 0 Å². The molecule has 3 rings (SSSR count). The number of nitrogens with one attached hydrogen (secondary N) is 1. The van der Waals surface area contributed by atoms with Gasteiger partial charge in [0.2, 0.25) is 5.95 Å². The summed E-state index contributed by atoms with van der Waals surface area (Å²) < 4.78 is 76.7. The molecule has 0 aromatic carbocycles. The highest BCUT2D eigenvalue weighted by Gasteiger charge is 2.65. The number of aromatic nitrogens is 3. The number of aromatic amines is 1. The molecule has 1 unspecified atom stereocenters. The lowest BCUT2D eigenvalue weighted by atomic mass is 10.2. The van der Waals surface area contributed by atoms with Gasteiger partial charge in [-0.15, -0.1) is 0 Å². The molecule has 0 bridgehead atoms. The van der Waals surface area contributed by atoms with Gasteiger partial charge in [-0.3, -0.25) is 23.2 Å². The molecule has 3 radical (unpaired) electrons. The van der Waals surface area contributed by atoms with Crippen LogP contribution in [0, 0.1) is 0 Å². The molecule has 1 saturated heterocycles. The molecule has 0 saturated carbocycles. The molecule has 1 fully saturated rings. The third-order valence-corrected chi connectivity index (χ3v) is 9.58. The van der Waals surface area contributed by atoms with Crippen LogP contribution in [-0.2, 0) is 27.3 Å². The predicted molar refractivity (Wildman–Crippen MR) is 105 cm³/mol. The SMILES string of the molecule is [B-][P@](=O)(OC[C@@H]1CC[C@H](n2ccc3c(=O)[nH]c(N)nc32)O1)OP(=O)(O)C(F)(F)P(=O)(O)O. The van der Waals surface area contributed by atoms with Crippen molar-refractivity contribution in [3.05, 3.63) is 22.6 Å². The molecule has 0 aliphatic carbocycles. The Morgan fingerprint density at radius 2 is 2.00 bits per heavy atom. The lowest BCUT2D eigenvalue weighted by molar-refractivity contribution is -0.0165. The van der Waals surface area contributed by atoms with E-state index in [1.54, 1.807) is 0 Å². The molecule has 4 atom stereocenters. The number of hydrogen-bond acceptors (Lipinski definition) is 9. The first-order valence-electron chi connectivity index (χ1n) is 8.57. The Labute approximate surface area is 178 Å². The second kappa shape index (κ2) is 8.42. The van der Waals surface area contributed by atoms with Gasteiger partial charge in [-0.1, -0.05) is 0 Å². The summed E-state index contributed by atoms with van der Waals surface area (Å²) in [5.74, 6) is -0.123. The van der Waals surface area contributed by atoms with Crippen molar-refractivity contribution in [2.24, 2.45) is 0 Å². The summed E-state index contributed by atoms with van der Waals surface area (Å²) in [5, 5.41) is -5.32. The highest BCUT2D eigenvalue weighted by atomic mass is 31.3. The zero-order valence-electron chi connectivity index (χ0n) is 15.8. The highest BCUT2D eigenvalue weighted by molar-refractivity contribution is 7.86. The fourth-order valence-electron chi connectivity index (χ4n) is 2.88. The van der Waals surface area contributed by atoms with Crippen LogP contribution in [0.1, 0.15) is 19.1 Å². The van der Waals surface area contributed by atoms with Gasteiger partial charge in [-0.05, 0) is 18.9 Å². The van der Waals surface area contributed by atoms with E-state index in [0.717, 1.165) is 0 Å². The van der Waals surface area contributed by atoms with Gasteiger partial charge in [0.05, 0.1) is 25.6 Å². The van der Waals surface area contributed by atoms with Gasteiger partial charge in [-0.25, -0.2) is 0 Å². The molecule has 0 spiro atoms. The average Bonchev–Trinajstić information content (AvgIpc) is 3.24. The number of nitrogen functional groups attached to an aromatic ring is 1. The minimum atomic E-state index is -6.50. The molecule has 177 valence electrons. The molecular formula is C12H16BF2N4O10P3-. The van der Waals surface area contributed by atoms with Gasteiger partial charge >= 0.3 is 20.6 Å². The van der Waals surface area contributed by atoms with E-state index in [1.165, 1.54) is 16.8 Å². The molecule has 14 nitrogen and oxygen atoms in total. The molecule has 2 aromatic heterocycles. The number of H-pyrrole nitrogens is 1. The van der Waals surface area contributed by atoms with Crippen LogP contribution in [-0.4, -0.2) is 54.9 Å². The number of ether oxygens (including phenoxy) is 1. The lowest BCUT2D eigenvalue weighted by Crippen LogP contribution is -2.20. The van der Waals surface area contributed by atoms with Crippen LogP contribution in [0.2, 0.25) is 0 Å². The van der Waals surface area contributed by atoms with E-state index < -0.39 is 52.6 Å². The number of halogens is 2. The molecule has 32 heavy (non-hydrogen) atoms. The normalized spacial score (nSPS) is 23.8. The zero-order valence-corrected chi connectivity index (χ0v) is 18.5. The van der Waals surface area contributed by atoms with Crippen LogP contribution in [0.4, 0.5) is 14.7 Å². The number of alkyl halides is 2. The van der Waals surface area contributed by atoms with E-state index in [2.05, 4.69) is 18.8 Å². The molecule has 1 aliphatic heterocycles. The molecule has 6 N–H and O–H groups in total. The summed E-state index contributed by atoms with van der Waals surface area (Å²) in [6.45, 7) is -0.638. The number of anilines is 1. The van der Waals surface area contributed by atoms with Gasteiger partial charge in [0, 0.05) is 6.20 Å². The zero-order chi connectivity index (χ0) is 24.1. The second-order valence-electron chi connectivity index (χ2n) is 6.69. The van der Waals surface area contributed by atoms with Crippen molar-refractivity contribution in [2.75, 3.05) is 12.3 Å². The molecule has 20 heteroatoms. The van der Waals surface area contributed by atoms with E-state index in [4.69, 9.17) is 27.8 Å². The maximum absolute atomic E-state index is 13.5. The van der Waals surface area contributed by atoms with E-state index >= 15 is 0 Å². The summed E-state index contributed by atoms with van der Waals surface area (Å²) in [7, 11) is -13.1. The van der Waals surface area contributed by atoms with Crippen LogP contribution in [0.25, 0.3) is 11.0 Å². The fourth-order valence-corrected chi connectivity index (χ4v) is 6.72. The topological polar surface area (TPSA) is 216 Å². The first-order valence-corrected chi connectivity index (χ1v) is 13.4. The van der Waals surface area contributed by atoms with Crippen LogP contribution in [0.15, 0.2) is 17.1 Å². The Kier molecular flexibility index (Phi) is 6.64. The fraction of sp³-hybridized carbons (Fsp3) is 0.500. The Morgan fingerprint density at radius 1 is 1.34 bits per heavy atom. The van der Waals surface area contributed by atoms with Crippen LogP contribution < -0.4 is 11.3 Å². The number of nitrogens with zero attached hydrogens (tertiary/aromatic N) is 2. The van der Waals surface area contributed by atoms with Crippen LogP contribution >= 0.6 is 22.7 Å². The van der Waals surface area contributed by atoms with E-state index in [-0.39, 0.29) is 23.4 Å². The smallest absolute Gasteiger partial charge is 0.443 e. The first-order chi connectivity index (χ1) is 14.5. The maximum Gasteiger partial charge on any atom is 0.444 e. The maximum atomic E-state index is 13.5. The summed E-state index contributed by atoms with van der Waals surface area (Å²) in [6, 6.07) is 1.48. The van der Waals surface area contributed by atoms with Gasteiger partial charge in [0.25, 0.3) is 5.56 Å². The first kappa shape index (κ1) is 25.2. The van der Waals surface area contributed by atoms with Crippen molar-refractivity contribution >= 4 is 47.2 Å². The Hall–Kier alpha value is -1.41. The summed E-state index contributed by atoms with van der Waals surface area (Å²) in [4.78, 5) is 44.5. The van der Waals surface area contributed by atoms with Crippen molar-refractivity contribution in [3.63, 3.8) is 0 Å². The van der Waals surface area contributed by atoms with Gasteiger partial charge in [-0.2, -0.15) is 13.8 Å². The second-order valence-corrected chi connectivity index (χ2v) is 12.3. The van der Waals surface area contributed by atoms with Gasteiger partial charge in [0.1, 0.15) is 6.23 Å². The van der Waals surface area contributed by atoms with Gasteiger partial charge < -0.3 is 46.4 Å². The van der Waals surface area contributed by atoms with Crippen LogP contribution in [0.3, 0.4) is 0 Å². The van der Waals surface area contributed by atoms with E-state index in [1.807, 2.05) is 0 Å². The Bertz CT molecular complexity index is 1230. The van der Waals surface area contributed by atoms with Crippen LogP contribution in [0.5, 0.6) is 0 Å². The number of rotatable bonds is 8. The standard InChI is InChI=1S/C12H16BF2N4O10P3/c13-32(26,29-31(24,25)12(14,15)30(21,22)23)27-5-6-1-2-8(28-6)19-4-3-7-9(19)17-11(16)18-10(7)20/h3-4,6,8H,1-2,5H2,(H,24,25)(H2,21,22,23)(H3,16,17,18,20)/q-1/t6-,8+,32-/m0/s1. The molecular weight excluding hydrogens is 502 g/mol. The number of hydrogen-bond donors (Lipinski definition) is 5. The largest absolute Gasteiger partial charge is 0.444 e. The van der Waals surface area contributed by atoms with Crippen molar-refractivity contribution in [3.8, 4) is 0 Å². The minimum absolute atomic E-state index is 0.123. The van der Waals surface area contributed by atoms with Crippen molar-refractivity contribution in [2.45, 2.75) is 30.6 Å². The summed E-state index contributed by atoms with van der Waals surface area (Å²) in [6.07, 6.45) is 0.617. The predicted octanol–water partition coefficient (Wildman–Crippen LogP) is 1.21. The Morgan fingerprint density at radius 3 is 2.62 bits per heavy atom.